The molecule has 0 spiro atoms. The fourth-order valence-electron chi connectivity index (χ4n) is 4.61. The van der Waals surface area contributed by atoms with E-state index in [0.29, 0.717) is 23.4 Å². The molecule has 0 saturated carbocycles. The van der Waals surface area contributed by atoms with Crippen molar-refractivity contribution >= 4 is 36.8 Å². The second kappa shape index (κ2) is 13.2. The summed E-state index contributed by atoms with van der Waals surface area (Å²) in [6.07, 6.45) is 1.16. The zero-order valence-corrected chi connectivity index (χ0v) is 24.6. The molecule has 1 saturated heterocycles. The molecular weight excluding hydrogens is 571 g/mol. The largest absolute Gasteiger partial charge is 0.465 e. The number of nitrogen functional groups attached to an aromatic ring is 1. The van der Waals surface area contributed by atoms with E-state index in [1.807, 2.05) is 6.26 Å². The molecule has 41 heavy (non-hydrogen) atoms. The lowest BCUT2D eigenvalue weighted by Crippen LogP contribution is -2.39. The first-order valence-corrected chi connectivity index (χ1v) is 15.9. The van der Waals surface area contributed by atoms with Gasteiger partial charge in [-0.2, -0.15) is 27.2 Å². The van der Waals surface area contributed by atoms with Crippen molar-refractivity contribution in [3.8, 4) is 11.8 Å². The Morgan fingerprint density at radius 3 is 2.80 bits per heavy atom. The van der Waals surface area contributed by atoms with Crippen LogP contribution < -0.4 is 15.3 Å². The lowest BCUT2D eigenvalue weighted by molar-refractivity contribution is -0.145. The average Bonchev–Trinajstić information content (AvgIpc) is 3.51. The SMILES string of the molecule is CCOC(=O)C(CCSC)NP(=O)(OCC1OC(C#N)(c2ccc3c(N)ncnn23)C(C)C1O)Oc1ccccc1. The van der Waals surface area contributed by atoms with Crippen LogP contribution in [0.25, 0.3) is 5.52 Å². The Bertz CT molecular complexity index is 1440. The third kappa shape index (κ3) is 6.51. The van der Waals surface area contributed by atoms with Gasteiger partial charge >= 0.3 is 13.7 Å². The minimum absolute atomic E-state index is 0.141. The van der Waals surface area contributed by atoms with Gasteiger partial charge in [0.15, 0.2) is 5.82 Å². The Kier molecular flexibility index (Phi) is 9.91. The van der Waals surface area contributed by atoms with Gasteiger partial charge in [-0.15, -0.1) is 0 Å². The van der Waals surface area contributed by atoms with Crippen molar-refractivity contribution in [1.29, 1.82) is 5.26 Å². The van der Waals surface area contributed by atoms with E-state index in [9.17, 15) is 19.7 Å². The number of thioether (sulfide) groups is 1. The second-order valence-electron chi connectivity index (χ2n) is 9.36. The number of fused-ring (bicyclic) bond motifs is 1. The van der Waals surface area contributed by atoms with E-state index in [2.05, 4.69) is 21.2 Å². The molecule has 6 unspecified atom stereocenters. The summed E-state index contributed by atoms with van der Waals surface area (Å²) in [5.41, 5.74) is 5.15. The van der Waals surface area contributed by atoms with Gasteiger partial charge in [-0.25, -0.2) is 14.1 Å². The van der Waals surface area contributed by atoms with Gasteiger partial charge in [0.05, 0.1) is 25.0 Å². The number of nitrogens with two attached hydrogens (primary N) is 1. The normalized spacial score (nSPS) is 24.4. The molecule has 1 aliphatic heterocycles. The molecule has 4 N–H and O–H groups in total. The number of carbonyl (C=O) groups excluding carboxylic acids is 1. The lowest BCUT2D eigenvalue weighted by Gasteiger charge is -2.26. The monoisotopic (exact) mass is 604 g/mol. The van der Waals surface area contributed by atoms with Gasteiger partial charge in [-0.3, -0.25) is 9.32 Å². The number of nitriles is 1. The van der Waals surface area contributed by atoms with Crippen LogP contribution in [0, 0.1) is 17.2 Å². The van der Waals surface area contributed by atoms with E-state index in [1.165, 1.54) is 22.6 Å². The number of benzene rings is 1. The first kappa shape index (κ1) is 30.8. The van der Waals surface area contributed by atoms with Gasteiger partial charge in [-0.05, 0) is 49.6 Å². The number of aromatic nitrogens is 3. The number of nitrogens with zero attached hydrogens (tertiary/aromatic N) is 4. The molecule has 3 heterocycles. The molecule has 1 aliphatic rings. The molecule has 2 aromatic heterocycles. The number of hydrogen-bond acceptors (Lipinski definition) is 12. The molecule has 0 bridgehead atoms. The molecule has 0 radical (unpaired) electrons. The highest BCUT2D eigenvalue weighted by Gasteiger charge is 2.56. The van der Waals surface area contributed by atoms with Crippen LogP contribution in [-0.2, 0) is 29.0 Å². The topological polar surface area (TPSA) is 183 Å². The quantitative estimate of drug-likeness (QED) is 0.191. The molecule has 3 aromatic rings. The summed E-state index contributed by atoms with van der Waals surface area (Å²) >= 11 is 1.51. The molecule has 1 aromatic carbocycles. The summed E-state index contributed by atoms with van der Waals surface area (Å²) in [6.45, 7) is 3.05. The summed E-state index contributed by atoms with van der Waals surface area (Å²) in [7, 11) is -4.25. The first-order valence-electron chi connectivity index (χ1n) is 13.0. The number of anilines is 1. The number of hydrogen-bond donors (Lipinski definition) is 3. The molecule has 0 aliphatic carbocycles. The van der Waals surface area contributed by atoms with Gasteiger partial charge < -0.3 is 24.8 Å². The molecule has 4 rings (SSSR count). The van der Waals surface area contributed by atoms with Crippen molar-refractivity contribution in [2.24, 2.45) is 5.92 Å². The predicted molar refractivity (Wildman–Crippen MR) is 152 cm³/mol. The first-order chi connectivity index (χ1) is 19.7. The lowest BCUT2D eigenvalue weighted by atomic mass is 9.85. The minimum Gasteiger partial charge on any atom is -0.465 e. The van der Waals surface area contributed by atoms with E-state index in [-0.39, 0.29) is 18.2 Å². The molecular formula is C26H33N6O7PS. The van der Waals surface area contributed by atoms with E-state index in [1.54, 1.807) is 56.3 Å². The molecule has 6 atom stereocenters. The standard InChI is InChI=1S/C26H33N6O7PS/c1-4-36-25(34)19(12-13-41-3)31-40(35,39-18-8-6-5-7-9-18)37-14-21-23(33)17(2)26(15-27,38-21)22-11-10-20-24(28)29-16-30-32(20)22/h5-11,16-17,19,21,23,33H,4,12-14H2,1-3H3,(H,31,35)(H2,28,29,30). The number of carbonyl (C=O) groups is 1. The molecule has 1 fully saturated rings. The number of rotatable bonds is 13. The summed E-state index contributed by atoms with van der Waals surface area (Å²) in [4.78, 5) is 16.6. The van der Waals surface area contributed by atoms with Crippen molar-refractivity contribution in [2.45, 2.75) is 44.1 Å². The van der Waals surface area contributed by atoms with E-state index < -0.39 is 50.1 Å². The number of aliphatic hydroxyl groups is 1. The zero-order chi connectivity index (χ0) is 29.6. The predicted octanol–water partition coefficient (Wildman–Crippen LogP) is 2.90. The van der Waals surface area contributed by atoms with Gasteiger partial charge in [0.2, 0.25) is 5.60 Å². The summed E-state index contributed by atoms with van der Waals surface area (Å²) < 4.78 is 38.4. The molecule has 0 amide bonds. The molecule has 220 valence electrons. The summed E-state index contributed by atoms with van der Waals surface area (Å²) in [6, 6.07) is 12.8. The van der Waals surface area contributed by atoms with Crippen LogP contribution in [0.2, 0.25) is 0 Å². The van der Waals surface area contributed by atoms with Crippen molar-refractivity contribution in [2.75, 3.05) is 31.0 Å². The Hall–Kier alpha value is -3.18. The van der Waals surface area contributed by atoms with Gasteiger partial charge in [0, 0.05) is 5.92 Å². The Balaban J connectivity index is 1.60. The highest BCUT2D eigenvalue weighted by molar-refractivity contribution is 7.98. The van der Waals surface area contributed by atoms with Crippen molar-refractivity contribution < 1.29 is 33.0 Å². The Morgan fingerprint density at radius 2 is 2.12 bits per heavy atom. The Morgan fingerprint density at radius 1 is 1.37 bits per heavy atom. The summed E-state index contributed by atoms with van der Waals surface area (Å²) in [5.74, 6) is -0.314. The highest BCUT2D eigenvalue weighted by atomic mass is 32.2. The smallest absolute Gasteiger partial charge is 0.459 e. The van der Waals surface area contributed by atoms with Crippen LogP contribution in [0.3, 0.4) is 0 Å². The van der Waals surface area contributed by atoms with Crippen LogP contribution in [0.1, 0.15) is 26.0 Å². The maximum Gasteiger partial charge on any atom is 0.459 e. The van der Waals surface area contributed by atoms with E-state index >= 15 is 0 Å². The molecule has 13 nitrogen and oxygen atoms in total. The van der Waals surface area contributed by atoms with Gasteiger partial charge in [-0.1, -0.05) is 25.1 Å². The van der Waals surface area contributed by atoms with E-state index in [4.69, 9.17) is 24.3 Å². The van der Waals surface area contributed by atoms with Gasteiger partial charge in [0.25, 0.3) is 0 Å². The number of ether oxygens (including phenoxy) is 2. The van der Waals surface area contributed by atoms with Crippen molar-refractivity contribution in [3.63, 3.8) is 0 Å². The highest BCUT2D eigenvalue weighted by Crippen LogP contribution is 2.49. The van der Waals surface area contributed by atoms with Crippen LogP contribution in [0.5, 0.6) is 5.75 Å². The third-order valence-electron chi connectivity index (χ3n) is 6.77. The number of para-hydroxylation sites is 1. The minimum atomic E-state index is -4.25. The maximum atomic E-state index is 14.1. The number of aliphatic hydroxyl groups excluding tert-OH is 1. The second-order valence-corrected chi connectivity index (χ2v) is 12.0. The maximum absolute atomic E-state index is 14.1. The van der Waals surface area contributed by atoms with Crippen LogP contribution in [0.15, 0.2) is 48.8 Å². The van der Waals surface area contributed by atoms with Gasteiger partial charge in [0.1, 0.15) is 35.8 Å². The van der Waals surface area contributed by atoms with Crippen molar-refractivity contribution in [3.05, 3.63) is 54.5 Å². The van der Waals surface area contributed by atoms with Crippen LogP contribution in [-0.4, -0.2) is 69.1 Å². The van der Waals surface area contributed by atoms with Crippen LogP contribution in [0.4, 0.5) is 5.82 Å². The summed E-state index contributed by atoms with van der Waals surface area (Å²) in [5, 5.41) is 28.4. The number of esters is 1. The van der Waals surface area contributed by atoms with Crippen molar-refractivity contribution in [1.82, 2.24) is 19.7 Å². The molecule has 15 heteroatoms. The number of nitrogens with one attached hydrogen (secondary N) is 1. The fourth-order valence-corrected chi connectivity index (χ4v) is 6.62. The third-order valence-corrected chi connectivity index (χ3v) is 8.99. The van der Waals surface area contributed by atoms with E-state index in [0.717, 1.165) is 0 Å². The zero-order valence-electron chi connectivity index (χ0n) is 22.9. The average molecular weight is 605 g/mol. The fraction of sp³-hybridized carbons (Fsp3) is 0.462. The van der Waals surface area contributed by atoms with Crippen LogP contribution >= 0.6 is 19.5 Å². The Labute approximate surface area is 241 Å².